The van der Waals surface area contributed by atoms with Gasteiger partial charge in [0.15, 0.2) is 21.5 Å². The van der Waals surface area contributed by atoms with Crippen LogP contribution < -0.4 is 4.72 Å². The van der Waals surface area contributed by atoms with E-state index in [0.717, 1.165) is 18.4 Å². The molecule has 0 aromatic heterocycles. The second kappa shape index (κ2) is 5.65. The van der Waals surface area contributed by atoms with Gasteiger partial charge >= 0.3 is 0 Å². The van der Waals surface area contributed by atoms with Crippen LogP contribution in [0.25, 0.3) is 0 Å². The van der Waals surface area contributed by atoms with Crippen LogP contribution in [0.3, 0.4) is 0 Å². The van der Waals surface area contributed by atoms with Gasteiger partial charge in [0.25, 0.3) is 10.0 Å². The summed E-state index contributed by atoms with van der Waals surface area (Å²) in [5.74, 6) is -2.47. The minimum Gasteiger partial charge on any atom is -0.280 e. The Kier molecular flexibility index (Phi) is 4.21. The molecule has 0 unspecified atom stereocenters. The molecule has 0 spiro atoms. The lowest BCUT2D eigenvalue weighted by Gasteiger charge is -2.09. The van der Waals surface area contributed by atoms with Crippen molar-refractivity contribution in [2.45, 2.75) is 9.79 Å². The molecule has 0 aliphatic rings. The van der Waals surface area contributed by atoms with Gasteiger partial charge in [-0.3, -0.25) is 4.72 Å². The molecular formula is C13H11F2NO4S2. The average molecular weight is 347 g/mol. The molecule has 0 amide bonds. The number of sulfonamides is 1. The van der Waals surface area contributed by atoms with Crippen molar-refractivity contribution in [3.05, 3.63) is 54.1 Å². The molecule has 5 nitrogen and oxygen atoms in total. The number of hydrogen-bond donors (Lipinski definition) is 1. The molecule has 0 radical (unpaired) electrons. The first-order valence-corrected chi connectivity index (χ1v) is 9.25. The standard InChI is InChI=1S/C13H11F2NO4S2/c1-21(17,18)10-4-2-3-9(7-10)16-22(19,20)11-5-6-12(14)13(15)8-11/h2-8,16H,1H3. The molecule has 22 heavy (non-hydrogen) atoms. The van der Waals surface area contributed by atoms with Gasteiger partial charge in [-0.2, -0.15) is 0 Å². The predicted molar refractivity (Wildman–Crippen MR) is 76.7 cm³/mol. The van der Waals surface area contributed by atoms with Gasteiger partial charge in [0.05, 0.1) is 15.5 Å². The lowest BCUT2D eigenvalue weighted by Crippen LogP contribution is -2.13. The van der Waals surface area contributed by atoms with E-state index in [0.29, 0.717) is 12.1 Å². The first-order chi connectivity index (χ1) is 10.1. The van der Waals surface area contributed by atoms with E-state index in [4.69, 9.17) is 0 Å². The van der Waals surface area contributed by atoms with Gasteiger partial charge in [-0.25, -0.2) is 25.6 Å². The fraction of sp³-hybridized carbons (Fsp3) is 0.0769. The number of benzene rings is 2. The molecule has 2 rings (SSSR count). The SMILES string of the molecule is CS(=O)(=O)c1cccc(NS(=O)(=O)c2ccc(F)c(F)c2)c1. The molecule has 0 heterocycles. The Hall–Kier alpha value is -2.00. The number of hydrogen-bond acceptors (Lipinski definition) is 4. The Morgan fingerprint density at radius 3 is 2.14 bits per heavy atom. The molecule has 0 saturated carbocycles. The monoisotopic (exact) mass is 347 g/mol. The van der Waals surface area contributed by atoms with E-state index in [-0.39, 0.29) is 10.6 Å². The van der Waals surface area contributed by atoms with Gasteiger partial charge in [0, 0.05) is 6.26 Å². The summed E-state index contributed by atoms with van der Waals surface area (Å²) in [7, 11) is -7.67. The molecule has 1 N–H and O–H groups in total. The highest BCUT2D eigenvalue weighted by atomic mass is 32.2. The molecule has 2 aromatic rings. The van der Waals surface area contributed by atoms with Crippen LogP contribution in [-0.2, 0) is 19.9 Å². The molecule has 0 aliphatic carbocycles. The third-order valence-corrected chi connectivity index (χ3v) is 5.20. The van der Waals surface area contributed by atoms with Crippen molar-refractivity contribution in [2.24, 2.45) is 0 Å². The van der Waals surface area contributed by atoms with Crippen molar-refractivity contribution >= 4 is 25.5 Å². The maximum Gasteiger partial charge on any atom is 0.261 e. The van der Waals surface area contributed by atoms with Crippen LogP contribution >= 0.6 is 0 Å². The lowest BCUT2D eigenvalue weighted by atomic mass is 10.3. The summed E-state index contributed by atoms with van der Waals surface area (Å²) in [4.78, 5) is -0.547. The van der Waals surface area contributed by atoms with Crippen molar-refractivity contribution in [1.82, 2.24) is 0 Å². The van der Waals surface area contributed by atoms with Crippen LogP contribution in [0, 0.1) is 11.6 Å². The summed E-state index contributed by atoms with van der Waals surface area (Å²) < 4.78 is 75.1. The molecule has 118 valence electrons. The van der Waals surface area contributed by atoms with Crippen molar-refractivity contribution in [1.29, 1.82) is 0 Å². The maximum atomic E-state index is 13.1. The van der Waals surface area contributed by atoms with Crippen LogP contribution in [0.2, 0.25) is 0 Å². The zero-order valence-electron chi connectivity index (χ0n) is 11.2. The minimum atomic E-state index is -4.17. The van der Waals surface area contributed by atoms with Crippen molar-refractivity contribution in [3.63, 3.8) is 0 Å². The zero-order chi connectivity index (χ0) is 16.5. The van der Waals surface area contributed by atoms with Crippen molar-refractivity contribution in [3.8, 4) is 0 Å². The number of halogens is 2. The highest BCUT2D eigenvalue weighted by molar-refractivity contribution is 7.92. The van der Waals surface area contributed by atoms with E-state index in [1.807, 2.05) is 0 Å². The molecule has 0 atom stereocenters. The van der Waals surface area contributed by atoms with Crippen LogP contribution in [0.4, 0.5) is 14.5 Å². The van der Waals surface area contributed by atoms with Gasteiger partial charge < -0.3 is 0 Å². The molecule has 0 saturated heterocycles. The van der Waals surface area contributed by atoms with Crippen LogP contribution in [0.15, 0.2) is 52.3 Å². The Morgan fingerprint density at radius 2 is 1.55 bits per heavy atom. The maximum absolute atomic E-state index is 13.1. The third-order valence-electron chi connectivity index (χ3n) is 2.72. The molecule has 0 bridgehead atoms. The van der Waals surface area contributed by atoms with Crippen LogP contribution in [0.5, 0.6) is 0 Å². The van der Waals surface area contributed by atoms with E-state index < -0.39 is 36.4 Å². The van der Waals surface area contributed by atoms with Crippen LogP contribution in [-0.4, -0.2) is 23.1 Å². The van der Waals surface area contributed by atoms with Crippen molar-refractivity contribution in [2.75, 3.05) is 11.0 Å². The first kappa shape index (κ1) is 16.4. The fourth-order valence-corrected chi connectivity index (χ4v) is 3.38. The minimum absolute atomic E-state index is 0.00680. The van der Waals surface area contributed by atoms with Crippen molar-refractivity contribution < 1.29 is 25.6 Å². The van der Waals surface area contributed by atoms with E-state index >= 15 is 0 Å². The molecular weight excluding hydrogens is 336 g/mol. The Morgan fingerprint density at radius 1 is 0.864 bits per heavy atom. The average Bonchev–Trinajstić information content (AvgIpc) is 2.40. The lowest BCUT2D eigenvalue weighted by molar-refractivity contribution is 0.504. The zero-order valence-corrected chi connectivity index (χ0v) is 12.9. The molecule has 9 heteroatoms. The second-order valence-corrected chi connectivity index (χ2v) is 8.18. The normalized spacial score (nSPS) is 12.1. The number of nitrogens with one attached hydrogen (secondary N) is 1. The smallest absolute Gasteiger partial charge is 0.261 e. The van der Waals surface area contributed by atoms with Gasteiger partial charge in [-0.15, -0.1) is 0 Å². The van der Waals surface area contributed by atoms with E-state index in [9.17, 15) is 25.6 Å². The summed E-state index contributed by atoms with van der Waals surface area (Å²) >= 11 is 0. The highest BCUT2D eigenvalue weighted by Crippen LogP contribution is 2.20. The number of anilines is 1. The van der Waals surface area contributed by atoms with E-state index in [2.05, 4.69) is 4.72 Å². The Labute approximate surface area is 126 Å². The summed E-state index contributed by atoms with van der Waals surface area (Å²) in [6.07, 6.45) is 0.982. The largest absolute Gasteiger partial charge is 0.280 e. The van der Waals surface area contributed by atoms with Gasteiger partial charge in [-0.1, -0.05) is 6.07 Å². The summed E-state index contributed by atoms with van der Waals surface area (Å²) in [5.41, 5.74) is -0.00680. The number of rotatable bonds is 4. The molecule has 2 aromatic carbocycles. The van der Waals surface area contributed by atoms with E-state index in [1.165, 1.54) is 18.2 Å². The number of sulfone groups is 1. The molecule has 0 fully saturated rings. The van der Waals surface area contributed by atoms with Crippen LogP contribution in [0.1, 0.15) is 0 Å². The van der Waals surface area contributed by atoms with Gasteiger partial charge in [-0.05, 0) is 36.4 Å². The Balaban J connectivity index is 2.39. The molecule has 0 aliphatic heterocycles. The van der Waals surface area contributed by atoms with Gasteiger partial charge in [0.1, 0.15) is 0 Å². The third kappa shape index (κ3) is 3.60. The quantitative estimate of drug-likeness (QED) is 0.919. The predicted octanol–water partition coefficient (Wildman–Crippen LogP) is 2.17. The highest BCUT2D eigenvalue weighted by Gasteiger charge is 2.17. The van der Waals surface area contributed by atoms with Gasteiger partial charge in [0.2, 0.25) is 0 Å². The summed E-state index contributed by atoms with van der Waals surface area (Å²) in [6, 6.07) is 7.28. The Bertz CT molecular complexity index is 925. The summed E-state index contributed by atoms with van der Waals surface area (Å²) in [6.45, 7) is 0. The van der Waals surface area contributed by atoms with E-state index in [1.54, 1.807) is 0 Å². The second-order valence-electron chi connectivity index (χ2n) is 4.48. The first-order valence-electron chi connectivity index (χ1n) is 5.87. The topological polar surface area (TPSA) is 80.3 Å². The fourth-order valence-electron chi connectivity index (χ4n) is 1.65. The summed E-state index contributed by atoms with van der Waals surface area (Å²) in [5, 5.41) is 0.